The lowest BCUT2D eigenvalue weighted by molar-refractivity contribution is 0.0741. The lowest BCUT2D eigenvalue weighted by Crippen LogP contribution is -2.30. The molecular weight excluding hydrogens is 272 g/mol. The van der Waals surface area contributed by atoms with Gasteiger partial charge in [-0.3, -0.25) is 4.79 Å². The van der Waals surface area contributed by atoms with Gasteiger partial charge < -0.3 is 9.42 Å². The fraction of sp³-hybridized carbons (Fsp3) is 0.467. The molecule has 0 aromatic carbocycles. The summed E-state index contributed by atoms with van der Waals surface area (Å²) in [5.74, 6) is 0.0913. The van der Waals surface area contributed by atoms with Gasteiger partial charge in [0.15, 0.2) is 0 Å². The van der Waals surface area contributed by atoms with Gasteiger partial charge in [-0.15, -0.1) is 11.3 Å². The second kappa shape index (κ2) is 5.40. The second-order valence-corrected chi connectivity index (χ2v) is 6.17. The topological polar surface area (TPSA) is 46.3 Å². The summed E-state index contributed by atoms with van der Waals surface area (Å²) in [6, 6.07) is 1.72. The molecule has 2 aromatic rings. The van der Waals surface area contributed by atoms with E-state index in [9.17, 15) is 4.79 Å². The normalized spacial score (nSPS) is 15.7. The minimum Gasteiger partial charge on any atom is -0.364 e. The first kappa shape index (κ1) is 13.4. The summed E-state index contributed by atoms with van der Waals surface area (Å²) in [5.41, 5.74) is 3.42. The van der Waals surface area contributed by atoms with Crippen molar-refractivity contribution in [2.75, 3.05) is 7.05 Å². The van der Waals surface area contributed by atoms with Crippen LogP contribution in [-0.2, 0) is 12.8 Å². The molecule has 106 valence electrons. The Bertz CT molecular complexity index is 603. The molecule has 0 N–H and O–H groups in total. The van der Waals surface area contributed by atoms with E-state index >= 15 is 0 Å². The van der Waals surface area contributed by atoms with Crippen LogP contribution in [0.3, 0.4) is 0 Å². The van der Waals surface area contributed by atoms with Crippen molar-refractivity contribution in [1.29, 1.82) is 0 Å². The predicted molar refractivity (Wildman–Crippen MR) is 78.0 cm³/mol. The molecule has 3 rings (SSSR count). The highest BCUT2D eigenvalue weighted by atomic mass is 32.1. The van der Waals surface area contributed by atoms with E-state index in [1.165, 1.54) is 30.2 Å². The molecule has 0 aliphatic heterocycles. The van der Waals surface area contributed by atoms with Gasteiger partial charge >= 0.3 is 0 Å². The molecule has 2 aromatic heterocycles. The number of carbonyl (C=O) groups is 1. The maximum Gasteiger partial charge on any atom is 0.264 e. The van der Waals surface area contributed by atoms with Crippen LogP contribution in [0.15, 0.2) is 22.2 Å². The van der Waals surface area contributed by atoms with Crippen molar-refractivity contribution < 1.29 is 9.32 Å². The van der Waals surface area contributed by atoms with Gasteiger partial charge in [0, 0.05) is 13.1 Å². The van der Waals surface area contributed by atoms with Gasteiger partial charge in [0.1, 0.15) is 12.0 Å². The van der Waals surface area contributed by atoms with Crippen molar-refractivity contribution in [2.45, 2.75) is 38.6 Å². The number of nitrogens with zero attached hydrogens (tertiary/aromatic N) is 2. The SMILES string of the molecule is C[C@@H](c1ccon1)N(C)C(=O)c1scc2c1CCCC2. The first-order valence-corrected chi connectivity index (χ1v) is 7.83. The molecule has 1 amide bonds. The Morgan fingerprint density at radius 1 is 1.45 bits per heavy atom. The van der Waals surface area contributed by atoms with E-state index in [-0.39, 0.29) is 11.9 Å². The minimum atomic E-state index is -0.0809. The Balaban J connectivity index is 1.83. The van der Waals surface area contributed by atoms with Crippen molar-refractivity contribution in [3.8, 4) is 0 Å². The van der Waals surface area contributed by atoms with E-state index in [2.05, 4.69) is 10.5 Å². The Hall–Kier alpha value is -1.62. The Kier molecular flexibility index (Phi) is 3.61. The minimum absolute atomic E-state index is 0.0809. The molecule has 0 bridgehead atoms. The lowest BCUT2D eigenvalue weighted by atomic mass is 9.93. The van der Waals surface area contributed by atoms with Crippen molar-refractivity contribution in [3.05, 3.63) is 39.4 Å². The summed E-state index contributed by atoms with van der Waals surface area (Å²) in [5, 5.41) is 6.07. The third-order valence-electron chi connectivity index (χ3n) is 4.08. The Morgan fingerprint density at radius 2 is 2.25 bits per heavy atom. The number of aryl methyl sites for hydroxylation is 1. The van der Waals surface area contributed by atoms with Crippen molar-refractivity contribution >= 4 is 17.2 Å². The average molecular weight is 290 g/mol. The highest BCUT2D eigenvalue weighted by Gasteiger charge is 2.26. The molecule has 0 radical (unpaired) electrons. The predicted octanol–water partition coefficient (Wildman–Crippen LogP) is 3.45. The van der Waals surface area contributed by atoms with E-state index in [4.69, 9.17) is 4.52 Å². The molecule has 0 spiro atoms. The fourth-order valence-electron chi connectivity index (χ4n) is 2.67. The van der Waals surface area contributed by atoms with Crippen LogP contribution in [0.2, 0.25) is 0 Å². The molecule has 0 fully saturated rings. The monoisotopic (exact) mass is 290 g/mol. The van der Waals surface area contributed by atoms with E-state index < -0.39 is 0 Å². The quantitative estimate of drug-likeness (QED) is 0.869. The van der Waals surface area contributed by atoms with Gasteiger partial charge in [0.05, 0.1) is 10.9 Å². The molecule has 4 nitrogen and oxygen atoms in total. The fourth-order valence-corrected chi connectivity index (χ4v) is 3.81. The summed E-state index contributed by atoms with van der Waals surface area (Å²) >= 11 is 1.58. The van der Waals surface area contributed by atoms with Crippen LogP contribution in [0, 0.1) is 0 Å². The van der Waals surface area contributed by atoms with E-state index in [0.717, 1.165) is 23.4 Å². The van der Waals surface area contributed by atoms with Gasteiger partial charge in [-0.25, -0.2) is 0 Å². The standard InChI is InChI=1S/C15H18N2O2S/c1-10(13-7-8-19-16-13)17(2)15(18)14-12-6-4-3-5-11(12)9-20-14/h7-10H,3-6H2,1-2H3/t10-/m0/s1. The van der Waals surface area contributed by atoms with Crippen molar-refractivity contribution in [3.63, 3.8) is 0 Å². The smallest absolute Gasteiger partial charge is 0.264 e. The zero-order chi connectivity index (χ0) is 14.1. The van der Waals surface area contributed by atoms with Crippen LogP contribution < -0.4 is 0 Å². The summed E-state index contributed by atoms with van der Waals surface area (Å²) in [6.45, 7) is 1.97. The Labute approximate surface area is 122 Å². The number of amides is 1. The maximum absolute atomic E-state index is 12.7. The van der Waals surface area contributed by atoms with E-state index in [0.29, 0.717) is 0 Å². The Morgan fingerprint density at radius 3 is 3.00 bits per heavy atom. The van der Waals surface area contributed by atoms with Gasteiger partial charge in [-0.1, -0.05) is 5.16 Å². The second-order valence-electron chi connectivity index (χ2n) is 5.29. The number of rotatable bonds is 3. The zero-order valence-electron chi connectivity index (χ0n) is 11.8. The number of fused-ring (bicyclic) bond motifs is 1. The van der Waals surface area contributed by atoms with Crippen LogP contribution >= 0.6 is 11.3 Å². The molecule has 2 heterocycles. The molecule has 20 heavy (non-hydrogen) atoms. The molecule has 0 saturated heterocycles. The largest absolute Gasteiger partial charge is 0.364 e. The van der Waals surface area contributed by atoms with Crippen LogP contribution in [0.4, 0.5) is 0 Å². The maximum atomic E-state index is 12.7. The summed E-state index contributed by atoms with van der Waals surface area (Å²) in [6.07, 6.45) is 6.11. The van der Waals surface area contributed by atoms with Gasteiger partial charge in [0.25, 0.3) is 5.91 Å². The molecule has 0 unspecified atom stereocenters. The molecule has 1 aliphatic carbocycles. The highest BCUT2D eigenvalue weighted by Crippen LogP contribution is 2.31. The number of aromatic nitrogens is 1. The molecular formula is C15H18N2O2S. The third-order valence-corrected chi connectivity index (χ3v) is 5.14. The van der Waals surface area contributed by atoms with Crippen molar-refractivity contribution in [1.82, 2.24) is 10.1 Å². The van der Waals surface area contributed by atoms with Crippen LogP contribution in [-0.4, -0.2) is 23.0 Å². The molecule has 1 aliphatic rings. The van der Waals surface area contributed by atoms with Crippen molar-refractivity contribution in [2.24, 2.45) is 0 Å². The summed E-state index contributed by atoms with van der Waals surface area (Å²) in [7, 11) is 1.83. The third kappa shape index (κ3) is 2.26. The summed E-state index contributed by atoms with van der Waals surface area (Å²) < 4.78 is 4.86. The number of thiophene rings is 1. The van der Waals surface area contributed by atoms with Gasteiger partial charge in [-0.2, -0.15) is 0 Å². The number of hydrogen-bond donors (Lipinski definition) is 0. The average Bonchev–Trinajstić information content (AvgIpc) is 3.14. The lowest BCUT2D eigenvalue weighted by Gasteiger charge is -2.23. The first-order chi connectivity index (χ1) is 9.68. The van der Waals surface area contributed by atoms with Crippen LogP contribution in [0.5, 0.6) is 0 Å². The number of carbonyl (C=O) groups excluding carboxylic acids is 1. The van der Waals surface area contributed by atoms with Gasteiger partial charge in [-0.05, 0) is 49.1 Å². The highest BCUT2D eigenvalue weighted by molar-refractivity contribution is 7.12. The van der Waals surface area contributed by atoms with Crippen LogP contribution in [0.25, 0.3) is 0 Å². The van der Waals surface area contributed by atoms with Gasteiger partial charge in [0.2, 0.25) is 0 Å². The molecule has 0 saturated carbocycles. The van der Waals surface area contributed by atoms with E-state index in [1.54, 1.807) is 22.3 Å². The molecule has 1 atom stereocenters. The zero-order valence-corrected chi connectivity index (χ0v) is 12.6. The number of hydrogen-bond acceptors (Lipinski definition) is 4. The summed E-state index contributed by atoms with van der Waals surface area (Å²) in [4.78, 5) is 15.3. The molecule has 5 heteroatoms. The first-order valence-electron chi connectivity index (χ1n) is 6.95. The van der Waals surface area contributed by atoms with Crippen LogP contribution in [0.1, 0.15) is 52.3 Å². The van der Waals surface area contributed by atoms with E-state index in [1.807, 2.05) is 14.0 Å².